The number of rotatable bonds is 3. The molecule has 2 aliphatic heterocycles. The molecule has 116 valence electrons. The number of hydrogen-bond donors (Lipinski definition) is 3. The molecular formula is C14H18ClN7. The second-order valence-electron chi connectivity index (χ2n) is 6.34. The summed E-state index contributed by atoms with van der Waals surface area (Å²) in [5.74, 6) is 1.98. The van der Waals surface area contributed by atoms with Gasteiger partial charge in [0.25, 0.3) is 0 Å². The van der Waals surface area contributed by atoms with E-state index >= 15 is 0 Å². The maximum Gasteiger partial charge on any atom is 0.229 e. The van der Waals surface area contributed by atoms with Gasteiger partial charge in [-0.05, 0) is 5.92 Å². The number of anilines is 3. The van der Waals surface area contributed by atoms with Crippen LogP contribution in [0.2, 0.25) is 5.02 Å². The van der Waals surface area contributed by atoms with Gasteiger partial charge in [-0.25, -0.2) is 4.98 Å². The SMILES string of the molecule is C[C@]12CNC[C@H]1CN(c1nc(Nc3cn[nH]c3)ncc1Cl)C2. The van der Waals surface area contributed by atoms with Gasteiger partial charge in [0.2, 0.25) is 5.95 Å². The zero-order valence-electron chi connectivity index (χ0n) is 12.3. The number of H-pyrrole nitrogens is 1. The van der Waals surface area contributed by atoms with Gasteiger partial charge in [-0.3, -0.25) is 5.10 Å². The summed E-state index contributed by atoms with van der Waals surface area (Å²) in [7, 11) is 0. The minimum Gasteiger partial charge on any atom is -0.354 e. The fraction of sp³-hybridized carbons (Fsp3) is 0.500. The third kappa shape index (κ3) is 2.30. The van der Waals surface area contributed by atoms with Crippen LogP contribution in [0.4, 0.5) is 17.5 Å². The second-order valence-corrected chi connectivity index (χ2v) is 6.75. The lowest BCUT2D eigenvalue weighted by molar-refractivity contribution is 0.338. The molecule has 0 aliphatic carbocycles. The smallest absolute Gasteiger partial charge is 0.229 e. The molecule has 0 spiro atoms. The van der Waals surface area contributed by atoms with E-state index in [4.69, 9.17) is 11.6 Å². The van der Waals surface area contributed by atoms with E-state index in [1.807, 2.05) is 0 Å². The average molecular weight is 320 g/mol. The van der Waals surface area contributed by atoms with Crippen molar-refractivity contribution in [2.24, 2.45) is 11.3 Å². The summed E-state index contributed by atoms with van der Waals surface area (Å²) in [6.07, 6.45) is 5.09. The van der Waals surface area contributed by atoms with Gasteiger partial charge in [-0.1, -0.05) is 18.5 Å². The van der Waals surface area contributed by atoms with Crippen molar-refractivity contribution in [2.75, 3.05) is 36.4 Å². The molecule has 2 aliphatic rings. The van der Waals surface area contributed by atoms with Crippen LogP contribution in [0.1, 0.15) is 6.92 Å². The van der Waals surface area contributed by atoms with E-state index in [-0.39, 0.29) is 0 Å². The molecule has 0 bridgehead atoms. The molecule has 4 rings (SSSR count). The molecule has 2 saturated heterocycles. The molecule has 2 atom stereocenters. The Morgan fingerprint density at radius 3 is 3.14 bits per heavy atom. The Bertz CT molecular complexity index is 674. The molecule has 2 fully saturated rings. The van der Waals surface area contributed by atoms with Crippen molar-refractivity contribution in [1.29, 1.82) is 0 Å². The van der Waals surface area contributed by atoms with Crippen molar-refractivity contribution in [3.8, 4) is 0 Å². The summed E-state index contributed by atoms with van der Waals surface area (Å²) < 4.78 is 0. The highest BCUT2D eigenvalue weighted by Gasteiger charge is 2.46. The van der Waals surface area contributed by atoms with Crippen LogP contribution in [0, 0.1) is 11.3 Å². The fourth-order valence-electron chi connectivity index (χ4n) is 3.41. The number of nitrogens with one attached hydrogen (secondary N) is 3. The van der Waals surface area contributed by atoms with Gasteiger partial charge in [0.1, 0.15) is 5.02 Å². The molecule has 4 heterocycles. The lowest BCUT2D eigenvalue weighted by Gasteiger charge is -2.23. The number of aromatic amines is 1. The fourth-order valence-corrected chi connectivity index (χ4v) is 3.62. The van der Waals surface area contributed by atoms with E-state index in [0.717, 1.165) is 37.7 Å². The van der Waals surface area contributed by atoms with Crippen LogP contribution in [0.25, 0.3) is 0 Å². The van der Waals surface area contributed by atoms with Gasteiger partial charge in [-0.2, -0.15) is 10.1 Å². The molecule has 2 aromatic rings. The summed E-state index contributed by atoms with van der Waals surface area (Å²) in [4.78, 5) is 11.1. The molecule has 0 amide bonds. The predicted octanol–water partition coefficient (Wildman–Crippen LogP) is 1.64. The molecule has 2 aromatic heterocycles. The maximum absolute atomic E-state index is 6.33. The highest BCUT2D eigenvalue weighted by Crippen LogP contribution is 2.41. The zero-order chi connectivity index (χ0) is 15.2. The summed E-state index contributed by atoms with van der Waals surface area (Å²) in [6, 6.07) is 0. The number of halogens is 1. The molecule has 22 heavy (non-hydrogen) atoms. The lowest BCUT2D eigenvalue weighted by Crippen LogP contribution is -2.30. The van der Waals surface area contributed by atoms with Crippen molar-refractivity contribution in [2.45, 2.75) is 6.92 Å². The van der Waals surface area contributed by atoms with E-state index in [0.29, 0.717) is 22.3 Å². The van der Waals surface area contributed by atoms with Crippen LogP contribution in [-0.4, -0.2) is 46.3 Å². The van der Waals surface area contributed by atoms with Crippen molar-refractivity contribution >= 4 is 29.1 Å². The molecular weight excluding hydrogens is 302 g/mol. The summed E-state index contributed by atoms with van der Waals surface area (Å²) in [5, 5.41) is 13.8. The van der Waals surface area contributed by atoms with Crippen LogP contribution < -0.4 is 15.5 Å². The quantitative estimate of drug-likeness (QED) is 0.798. The number of aromatic nitrogens is 4. The molecule has 0 unspecified atom stereocenters. The summed E-state index contributed by atoms with van der Waals surface area (Å²) >= 11 is 6.33. The second kappa shape index (κ2) is 5.10. The molecule has 0 saturated carbocycles. The van der Waals surface area contributed by atoms with Crippen molar-refractivity contribution < 1.29 is 0 Å². The van der Waals surface area contributed by atoms with E-state index in [2.05, 4.69) is 42.6 Å². The van der Waals surface area contributed by atoms with E-state index in [1.54, 1.807) is 18.6 Å². The normalized spacial score (nSPS) is 27.2. The molecule has 7 nitrogen and oxygen atoms in total. The summed E-state index contributed by atoms with van der Waals surface area (Å²) in [5.41, 5.74) is 1.12. The lowest BCUT2D eigenvalue weighted by atomic mass is 9.83. The van der Waals surface area contributed by atoms with Crippen LogP contribution in [-0.2, 0) is 0 Å². The van der Waals surface area contributed by atoms with E-state index < -0.39 is 0 Å². The number of fused-ring (bicyclic) bond motifs is 1. The maximum atomic E-state index is 6.33. The Morgan fingerprint density at radius 2 is 2.36 bits per heavy atom. The Morgan fingerprint density at radius 1 is 1.45 bits per heavy atom. The third-order valence-corrected chi connectivity index (χ3v) is 4.94. The molecule has 8 heteroatoms. The predicted molar refractivity (Wildman–Crippen MR) is 85.6 cm³/mol. The van der Waals surface area contributed by atoms with Crippen molar-refractivity contribution in [1.82, 2.24) is 25.5 Å². The van der Waals surface area contributed by atoms with Crippen LogP contribution in [0.5, 0.6) is 0 Å². The Labute approximate surface area is 133 Å². The summed E-state index contributed by atoms with van der Waals surface area (Å²) in [6.45, 7) is 6.39. The number of nitrogens with zero attached hydrogens (tertiary/aromatic N) is 4. The minimum absolute atomic E-state index is 0.298. The van der Waals surface area contributed by atoms with E-state index in [9.17, 15) is 0 Å². The molecule has 3 N–H and O–H groups in total. The first kappa shape index (κ1) is 13.8. The first-order valence-corrected chi connectivity index (χ1v) is 7.76. The highest BCUT2D eigenvalue weighted by molar-refractivity contribution is 6.32. The van der Waals surface area contributed by atoms with Gasteiger partial charge >= 0.3 is 0 Å². The van der Waals surface area contributed by atoms with Gasteiger partial charge in [0.15, 0.2) is 5.82 Å². The standard InChI is InChI=1S/C14H18ClN7/c1-14-7-16-2-9(14)6-22(8-14)12-11(15)5-17-13(21-12)20-10-3-18-19-4-10/h3-5,9,16H,2,6-8H2,1H3,(H,18,19)(H,17,20,21)/t9-,14+/m0/s1. The molecule has 0 aromatic carbocycles. The van der Waals surface area contributed by atoms with Crippen LogP contribution in [0.15, 0.2) is 18.6 Å². The zero-order valence-corrected chi connectivity index (χ0v) is 13.1. The van der Waals surface area contributed by atoms with Crippen LogP contribution >= 0.6 is 11.6 Å². The van der Waals surface area contributed by atoms with Crippen LogP contribution in [0.3, 0.4) is 0 Å². The van der Waals surface area contributed by atoms with Gasteiger partial charge in [0, 0.05) is 37.8 Å². The molecule has 0 radical (unpaired) electrons. The van der Waals surface area contributed by atoms with Crippen molar-refractivity contribution in [3.05, 3.63) is 23.6 Å². The first-order chi connectivity index (χ1) is 10.6. The Kier molecular flexibility index (Phi) is 3.19. The van der Waals surface area contributed by atoms with Gasteiger partial charge in [0.05, 0.1) is 18.1 Å². The topological polar surface area (TPSA) is 81.8 Å². The van der Waals surface area contributed by atoms with Gasteiger partial charge in [-0.15, -0.1) is 0 Å². The largest absolute Gasteiger partial charge is 0.354 e. The van der Waals surface area contributed by atoms with Crippen molar-refractivity contribution in [3.63, 3.8) is 0 Å². The minimum atomic E-state index is 0.298. The first-order valence-electron chi connectivity index (χ1n) is 7.38. The number of hydrogen-bond acceptors (Lipinski definition) is 6. The van der Waals surface area contributed by atoms with E-state index in [1.165, 1.54) is 0 Å². The monoisotopic (exact) mass is 319 g/mol. The average Bonchev–Trinajstić information content (AvgIpc) is 3.16. The highest BCUT2D eigenvalue weighted by atomic mass is 35.5. The van der Waals surface area contributed by atoms with Gasteiger partial charge < -0.3 is 15.5 Å². The third-order valence-electron chi connectivity index (χ3n) is 4.68. The Balaban J connectivity index is 1.59. The Hall–Kier alpha value is -1.86.